The molecule has 2 amide bonds. The molecule has 0 aliphatic heterocycles. The van der Waals surface area contributed by atoms with Crippen molar-refractivity contribution in [2.24, 2.45) is 0 Å². The maximum Gasteiger partial charge on any atom is 0.338 e. The number of nitrogens with one attached hydrogen (secondary N) is 3. The fraction of sp³-hybridized carbons (Fsp3) is 0.348. The molecule has 9 nitrogen and oxygen atoms in total. The van der Waals surface area contributed by atoms with Crippen LogP contribution in [0.15, 0.2) is 48.5 Å². The van der Waals surface area contributed by atoms with Crippen LogP contribution in [-0.2, 0) is 4.74 Å². The van der Waals surface area contributed by atoms with Crippen molar-refractivity contribution < 1.29 is 29.0 Å². The number of urea groups is 1. The monoisotopic (exact) mass is 441 g/mol. The maximum atomic E-state index is 12.1. The zero-order valence-corrected chi connectivity index (χ0v) is 17.8. The molecule has 3 rings (SSSR count). The molecule has 0 bridgehead atoms. The minimum Gasteiger partial charge on any atom is -0.490 e. The molecular formula is C23H27N3O6. The third-order valence-corrected chi connectivity index (χ3v) is 5.13. The molecule has 1 aliphatic rings. The third kappa shape index (κ3) is 6.63. The highest BCUT2D eigenvalue weighted by Crippen LogP contribution is 2.24. The standard InChI is InChI=1S/C23H27N3O6/c1-2-31-22(29)16-5-11-19(12-6-16)32-20-13-9-17(10-14-20)24-23(30)26-25-18-7-3-15(4-8-18)21(27)28/h3-8,11-12,17,20,25H,2,9-10,13-14H2,1H3,(H,27,28)(H2,24,26,30). The van der Waals surface area contributed by atoms with Crippen LogP contribution in [0.3, 0.4) is 0 Å². The number of rotatable bonds is 8. The largest absolute Gasteiger partial charge is 0.490 e. The molecule has 1 saturated carbocycles. The number of hydrogen-bond acceptors (Lipinski definition) is 6. The Morgan fingerprint density at radius 3 is 2.16 bits per heavy atom. The van der Waals surface area contributed by atoms with Crippen LogP contribution in [0.2, 0.25) is 0 Å². The van der Waals surface area contributed by atoms with E-state index in [2.05, 4.69) is 16.2 Å². The van der Waals surface area contributed by atoms with Crippen molar-refractivity contribution in [2.45, 2.75) is 44.8 Å². The van der Waals surface area contributed by atoms with Crippen LogP contribution in [0.5, 0.6) is 5.75 Å². The summed E-state index contributed by atoms with van der Waals surface area (Å²) in [6, 6.07) is 12.6. The van der Waals surface area contributed by atoms with E-state index >= 15 is 0 Å². The summed E-state index contributed by atoms with van der Waals surface area (Å²) >= 11 is 0. The van der Waals surface area contributed by atoms with E-state index in [9.17, 15) is 14.4 Å². The molecule has 0 unspecified atom stereocenters. The van der Waals surface area contributed by atoms with Gasteiger partial charge in [-0.1, -0.05) is 0 Å². The SMILES string of the molecule is CCOC(=O)c1ccc(OC2CCC(NC(=O)NNc3ccc(C(=O)O)cc3)CC2)cc1. The topological polar surface area (TPSA) is 126 Å². The van der Waals surface area contributed by atoms with Crippen LogP contribution in [0.4, 0.5) is 10.5 Å². The zero-order valence-electron chi connectivity index (χ0n) is 17.8. The molecule has 0 radical (unpaired) electrons. The first-order valence-corrected chi connectivity index (χ1v) is 10.5. The average molecular weight is 441 g/mol. The predicted octanol–water partition coefficient (Wildman–Crippen LogP) is 3.58. The number of hydrogen-bond donors (Lipinski definition) is 4. The molecule has 1 aliphatic carbocycles. The molecule has 32 heavy (non-hydrogen) atoms. The van der Waals surface area contributed by atoms with Gasteiger partial charge in [0, 0.05) is 6.04 Å². The Bertz CT molecular complexity index is 922. The Kier molecular flexibility index (Phi) is 7.91. The van der Waals surface area contributed by atoms with Crippen molar-refractivity contribution in [3.8, 4) is 5.75 Å². The van der Waals surface area contributed by atoms with Crippen LogP contribution in [0.1, 0.15) is 53.3 Å². The Morgan fingerprint density at radius 1 is 0.938 bits per heavy atom. The smallest absolute Gasteiger partial charge is 0.338 e. The number of carboxylic acid groups (broad SMARTS) is 1. The van der Waals surface area contributed by atoms with E-state index in [1.54, 1.807) is 43.3 Å². The molecule has 0 heterocycles. The van der Waals surface area contributed by atoms with Crippen molar-refractivity contribution in [3.63, 3.8) is 0 Å². The fourth-order valence-electron chi connectivity index (χ4n) is 3.45. The van der Waals surface area contributed by atoms with E-state index in [0.717, 1.165) is 25.7 Å². The van der Waals surface area contributed by atoms with E-state index < -0.39 is 5.97 Å². The van der Waals surface area contributed by atoms with Gasteiger partial charge in [0.05, 0.1) is 29.5 Å². The van der Waals surface area contributed by atoms with Gasteiger partial charge in [0.15, 0.2) is 0 Å². The molecule has 0 atom stereocenters. The maximum absolute atomic E-state index is 12.1. The number of esters is 1. The zero-order chi connectivity index (χ0) is 22.9. The molecule has 0 saturated heterocycles. The lowest BCUT2D eigenvalue weighted by atomic mass is 9.93. The number of anilines is 1. The number of ether oxygens (including phenoxy) is 2. The quantitative estimate of drug-likeness (QED) is 0.364. The fourth-order valence-corrected chi connectivity index (χ4v) is 3.45. The van der Waals surface area contributed by atoms with Crippen molar-refractivity contribution in [3.05, 3.63) is 59.7 Å². The first-order chi connectivity index (χ1) is 15.4. The highest BCUT2D eigenvalue weighted by Gasteiger charge is 2.23. The summed E-state index contributed by atoms with van der Waals surface area (Å²) in [5, 5.41) is 11.8. The minimum atomic E-state index is -1.00. The lowest BCUT2D eigenvalue weighted by Crippen LogP contribution is -2.46. The summed E-state index contributed by atoms with van der Waals surface area (Å²) in [7, 11) is 0. The molecule has 2 aromatic rings. The summed E-state index contributed by atoms with van der Waals surface area (Å²) in [6.45, 7) is 2.10. The molecule has 1 fully saturated rings. The lowest BCUT2D eigenvalue weighted by molar-refractivity contribution is 0.0525. The summed E-state index contributed by atoms with van der Waals surface area (Å²) in [5.74, 6) is -0.656. The van der Waals surface area contributed by atoms with E-state index in [0.29, 0.717) is 23.6 Å². The van der Waals surface area contributed by atoms with Crippen LogP contribution in [-0.4, -0.2) is 41.8 Å². The van der Waals surface area contributed by atoms with Gasteiger partial charge in [-0.3, -0.25) is 10.9 Å². The predicted molar refractivity (Wildman–Crippen MR) is 118 cm³/mol. The van der Waals surface area contributed by atoms with Crippen molar-refractivity contribution in [1.29, 1.82) is 0 Å². The van der Waals surface area contributed by atoms with E-state index in [1.807, 2.05) is 0 Å². The van der Waals surface area contributed by atoms with Crippen LogP contribution < -0.4 is 20.9 Å². The van der Waals surface area contributed by atoms with E-state index in [4.69, 9.17) is 14.6 Å². The van der Waals surface area contributed by atoms with Gasteiger partial charge in [0.2, 0.25) is 0 Å². The first-order valence-electron chi connectivity index (χ1n) is 10.5. The third-order valence-electron chi connectivity index (χ3n) is 5.13. The summed E-state index contributed by atoms with van der Waals surface area (Å²) in [5.41, 5.74) is 6.55. The van der Waals surface area contributed by atoms with Crippen molar-refractivity contribution in [2.75, 3.05) is 12.0 Å². The van der Waals surface area contributed by atoms with Gasteiger partial charge in [-0.2, -0.15) is 0 Å². The van der Waals surface area contributed by atoms with Crippen LogP contribution >= 0.6 is 0 Å². The van der Waals surface area contributed by atoms with Gasteiger partial charge in [-0.15, -0.1) is 0 Å². The summed E-state index contributed by atoms with van der Waals surface area (Å²) in [4.78, 5) is 34.7. The lowest BCUT2D eigenvalue weighted by Gasteiger charge is -2.29. The molecule has 2 aromatic carbocycles. The number of amides is 2. The molecule has 0 spiro atoms. The van der Waals surface area contributed by atoms with Crippen LogP contribution in [0.25, 0.3) is 0 Å². The second-order valence-electron chi connectivity index (χ2n) is 7.44. The highest BCUT2D eigenvalue weighted by molar-refractivity contribution is 5.89. The molecule has 0 aromatic heterocycles. The molecular weight excluding hydrogens is 414 g/mol. The Labute approximate surface area is 186 Å². The Morgan fingerprint density at radius 2 is 1.56 bits per heavy atom. The van der Waals surface area contributed by atoms with E-state index in [1.165, 1.54) is 12.1 Å². The normalized spacial score (nSPS) is 17.7. The number of carbonyl (C=O) groups excluding carboxylic acids is 2. The average Bonchev–Trinajstić information content (AvgIpc) is 2.80. The van der Waals surface area contributed by atoms with Crippen molar-refractivity contribution in [1.82, 2.24) is 10.7 Å². The number of hydrazine groups is 1. The number of carbonyl (C=O) groups is 3. The number of benzene rings is 2. The van der Waals surface area contributed by atoms with Gasteiger partial charge in [0.1, 0.15) is 5.75 Å². The van der Waals surface area contributed by atoms with Crippen LogP contribution in [0, 0.1) is 0 Å². The van der Waals surface area contributed by atoms with Crippen molar-refractivity contribution >= 4 is 23.7 Å². The highest BCUT2D eigenvalue weighted by atomic mass is 16.5. The Balaban J connectivity index is 1.37. The van der Waals surface area contributed by atoms with E-state index in [-0.39, 0.29) is 29.7 Å². The second-order valence-corrected chi connectivity index (χ2v) is 7.44. The van der Waals surface area contributed by atoms with Gasteiger partial charge >= 0.3 is 18.0 Å². The minimum absolute atomic E-state index is 0.0391. The first kappa shape index (κ1) is 22.9. The molecule has 9 heteroatoms. The molecule has 170 valence electrons. The van der Waals surface area contributed by atoms with Gasteiger partial charge in [-0.05, 0) is 81.1 Å². The van der Waals surface area contributed by atoms with Gasteiger partial charge in [0.25, 0.3) is 0 Å². The number of carboxylic acids is 1. The summed E-state index contributed by atoms with van der Waals surface area (Å²) in [6.07, 6.45) is 3.22. The Hall–Kier alpha value is -3.75. The van der Waals surface area contributed by atoms with Gasteiger partial charge < -0.3 is 19.9 Å². The second kappa shape index (κ2) is 11.0. The summed E-state index contributed by atoms with van der Waals surface area (Å²) < 4.78 is 11.0. The van der Waals surface area contributed by atoms with Gasteiger partial charge in [-0.25, -0.2) is 14.4 Å². The molecule has 4 N–H and O–H groups in total. The number of aromatic carboxylic acids is 1.